The van der Waals surface area contributed by atoms with Gasteiger partial charge in [0.25, 0.3) is 0 Å². The molecule has 3 nitrogen and oxygen atoms in total. The minimum absolute atomic E-state index is 0.113. The topological polar surface area (TPSA) is 54.4 Å². The molecule has 4 heteroatoms. The van der Waals surface area contributed by atoms with Crippen LogP contribution in [0.2, 0.25) is 0 Å². The molecule has 2 rings (SSSR count). The third-order valence-corrected chi connectivity index (χ3v) is 3.57. The van der Waals surface area contributed by atoms with E-state index in [0.717, 1.165) is 12.8 Å². The smallest absolute Gasteiger partial charge is 0.306 e. The lowest BCUT2D eigenvalue weighted by Crippen LogP contribution is -2.20. The fraction of sp³-hybridized carbons (Fsp3) is 0.429. The van der Waals surface area contributed by atoms with E-state index in [2.05, 4.69) is 0 Å². The molecule has 0 spiro atoms. The monoisotopic (exact) mass is 250 g/mol. The zero-order valence-electron chi connectivity index (χ0n) is 9.93. The van der Waals surface area contributed by atoms with Gasteiger partial charge in [-0.05, 0) is 30.9 Å². The average Bonchev–Trinajstić information content (AvgIpc) is 2.77. The summed E-state index contributed by atoms with van der Waals surface area (Å²) in [5.74, 6) is -1.99. The van der Waals surface area contributed by atoms with Gasteiger partial charge in [0.1, 0.15) is 5.82 Å². The second-order valence-corrected chi connectivity index (χ2v) is 4.77. The van der Waals surface area contributed by atoms with Crippen LogP contribution in [0, 0.1) is 17.7 Å². The van der Waals surface area contributed by atoms with Gasteiger partial charge in [0, 0.05) is 12.0 Å². The maximum Gasteiger partial charge on any atom is 0.306 e. The summed E-state index contributed by atoms with van der Waals surface area (Å²) in [6.07, 6.45) is 2.44. The Balaban J connectivity index is 2.05. The maximum atomic E-state index is 13.0. The number of benzene rings is 1. The van der Waals surface area contributed by atoms with Crippen molar-refractivity contribution in [3.05, 3.63) is 35.6 Å². The molecule has 0 radical (unpaired) electrons. The highest BCUT2D eigenvalue weighted by atomic mass is 19.1. The van der Waals surface area contributed by atoms with Gasteiger partial charge in [-0.15, -0.1) is 0 Å². The number of carboxylic acid groups (broad SMARTS) is 1. The summed E-state index contributed by atoms with van der Waals surface area (Å²) in [4.78, 5) is 23.0. The molecule has 0 heterocycles. The predicted molar refractivity (Wildman–Crippen MR) is 63.8 cm³/mol. The summed E-state index contributed by atoms with van der Waals surface area (Å²) in [6.45, 7) is 0. The van der Waals surface area contributed by atoms with Crippen LogP contribution in [0.25, 0.3) is 0 Å². The van der Waals surface area contributed by atoms with Gasteiger partial charge in [0.05, 0.1) is 5.92 Å². The summed E-state index contributed by atoms with van der Waals surface area (Å²) in [5.41, 5.74) is 0.325. The Morgan fingerprint density at radius 1 is 1.33 bits per heavy atom. The van der Waals surface area contributed by atoms with Crippen molar-refractivity contribution >= 4 is 11.8 Å². The Morgan fingerprint density at radius 2 is 2.11 bits per heavy atom. The Bertz CT molecular complexity index is 470. The van der Waals surface area contributed by atoms with Gasteiger partial charge in [-0.3, -0.25) is 9.59 Å². The van der Waals surface area contributed by atoms with Gasteiger partial charge in [0.15, 0.2) is 5.78 Å². The van der Waals surface area contributed by atoms with Gasteiger partial charge in [-0.1, -0.05) is 18.6 Å². The number of hydrogen-bond acceptors (Lipinski definition) is 2. The molecule has 1 N–H and O–H groups in total. The van der Waals surface area contributed by atoms with E-state index in [1.165, 1.54) is 18.2 Å². The first-order valence-corrected chi connectivity index (χ1v) is 6.09. The zero-order chi connectivity index (χ0) is 13.1. The molecular weight excluding hydrogens is 235 g/mol. The highest BCUT2D eigenvalue weighted by molar-refractivity contribution is 5.96. The largest absolute Gasteiger partial charge is 0.481 e. The molecular formula is C14H15FO3. The Labute approximate surface area is 105 Å². The van der Waals surface area contributed by atoms with E-state index in [1.54, 1.807) is 6.07 Å². The number of ketones is 1. The molecule has 1 aliphatic carbocycles. The van der Waals surface area contributed by atoms with E-state index in [0.29, 0.717) is 12.0 Å². The van der Waals surface area contributed by atoms with Gasteiger partial charge in [-0.2, -0.15) is 0 Å². The molecule has 0 aliphatic heterocycles. The van der Waals surface area contributed by atoms with Crippen molar-refractivity contribution in [1.29, 1.82) is 0 Å². The number of aliphatic carboxylic acids is 1. The predicted octanol–water partition coefficient (Wildman–Crippen LogP) is 2.90. The van der Waals surface area contributed by atoms with Crippen molar-refractivity contribution in [2.45, 2.75) is 25.7 Å². The van der Waals surface area contributed by atoms with Crippen molar-refractivity contribution in [2.75, 3.05) is 0 Å². The van der Waals surface area contributed by atoms with E-state index < -0.39 is 17.7 Å². The SMILES string of the molecule is O=C(CC1CCCC1C(=O)O)c1cccc(F)c1. The van der Waals surface area contributed by atoms with Crippen LogP contribution in [-0.2, 0) is 4.79 Å². The fourth-order valence-electron chi connectivity index (χ4n) is 2.62. The summed E-state index contributed by atoms with van der Waals surface area (Å²) in [6, 6.07) is 5.54. The maximum absolute atomic E-state index is 13.0. The highest BCUT2D eigenvalue weighted by Crippen LogP contribution is 2.35. The molecule has 0 bridgehead atoms. The molecule has 1 fully saturated rings. The van der Waals surface area contributed by atoms with Crippen molar-refractivity contribution in [3.63, 3.8) is 0 Å². The lowest BCUT2D eigenvalue weighted by Gasteiger charge is -2.14. The van der Waals surface area contributed by atoms with Crippen LogP contribution in [0.1, 0.15) is 36.0 Å². The second kappa shape index (κ2) is 5.29. The lowest BCUT2D eigenvalue weighted by molar-refractivity contribution is -0.142. The third-order valence-electron chi connectivity index (χ3n) is 3.57. The number of carbonyl (C=O) groups excluding carboxylic acids is 1. The summed E-state index contributed by atoms with van der Waals surface area (Å²) < 4.78 is 13.0. The standard InChI is InChI=1S/C14H15FO3/c15-11-5-1-4-10(7-11)13(16)8-9-3-2-6-12(9)14(17)18/h1,4-5,7,9,12H,2-3,6,8H2,(H,17,18). The number of Topliss-reactive ketones (excluding diaryl/α,β-unsaturated/α-hetero) is 1. The van der Waals surface area contributed by atoms with Gasteiger partial charge in [-0.25, -0.2) is 4.39 Å². The van der Waals surface area contributed by atoms with Crippen LogP contribution in [0.15, 0.2) is 24.3 Å². The first-order chi connectivity index (χ1) is 8.58. The molecule has 1 aromatic carbocycles. The quantitative estimate of drug-likeness (QED) is 0.836. The van der Waals surface area contributed by atoms with Crippen LogP contribution in [0.3, 0.4) is 0 Å². The molecule has 18 heavy (non-hydrogen) atoms. The van der Waals surface area contributed by atoms with Crippen molar-refractivity contribution < 1.29 is 19.1 Å². The fourth-order valence-corrected chi connectivity index (χ4v) is 2.62. The molecule has 0 saturated heterocycles. The van der Waals surface area contributed by atoms with E-state index in [-0.39, 0.29) is 18.1 Å². The first kappa shape index (κ1) is 12.7. The van der Waals surface area contributed by atoms with Crippen LogP contribution >= 0.6 is 0 Å². The zero-order valence-corrected chi connectivity index (χ0v) is 9.93. The summed E-state index contributed by atoms with van der Waals surface area (Å²) in [7, 11) is 0. The van der Waals surface area contributed by atoms with Crippen molar-refractivity contribution in [2.24, 2.45) is 11.8 Å². The Morgan fingerprint density at radius 3 is 2.78 bits per heavy atom. The van der Waals surface area contributed by atoms with Gasteiger partial charge < -0.3 is 5.11 Å². The average molecular weight is 250 g/mol. The Hall–Kier alpha value is -1.71. The van der Waals surface area contributed by atoms with Crippen LogP contribution in [-0.4, -0.2) is 16.9 Å². The number of carboxylic acids is 1. The van der Waals surface area contributed by atoms with E-state index in [1.807, 2.05) is 0 Å². The summed E-state index contributed by atoms with van der Waals surface area (Å²) >= 11 is 0. The van der Waals surface area contributed by atoms with E-state index in [4.69, 9.17) is 5.11 Å². The molecule has 0 aromatic heterocycles. The molecule has 2 unspecified atom stereocenters. The van der Waals surface area contributed by atoms with Crippen molar-refractivity contribution in [1.82, 2.24) is 0 Å². The molecule has 2 atom stereocenters. The highest BCUT2D eigenvalue weighted by Gasteiger charge is 2.34. The van der Waals surface area contributed by atoms with Gasteiger partial charge in [0.2, 0.25) is 0 Å². The first-order valence-electron chi connectivity index (χ1n) is 6.09. The third kappa shape index (κ3) is 2.75. The van der Waals surface area contributed by atoms with Crippen LogP contribution < -0.4 is 0 Å². The minimum atomic E-state index is -0.829. The number of hydrogen-bond donors (Lipinski definition) is 1. The molecule has 1 saturated carbocycles. The van der Waals surface area contributed by atoms with Crippen LogP contribution in [0.4, 0.5) is 4.39 Å². The van der Waals surface area contributed by atoms with Gasteiger partial charge >= 0.3 is 5.97 Å². The van der Waals surface area contributed by atoms with E-state index in [9.17, 15) is 14.0 Å². The number of halogens is 1. The molecule has 96 valence electrons. The normalized spacial score (nSPS) is 22.9. The van der Waals surface area contributed by atoms with E-state index >= 15 is 0 Å². The molecule has 1 aromatic rings. The van der Waals surface area contributed by atoms with Crippen molar-refractivity contribution in [3.8, 4) is 0 Å². The summed E-state index contributed by atoms with van der Waals surface area (Å²) in [5, 5.41) is 9.04. The molecule has 0 amide bonds. The Kier molecular flexibility index (Phi) is 3.75. The lowest BCUT2D eigenvalue weighted by atomic mass is 9.89. The molecule has 1 aliphatic rings. The second-order valence-electron chi connectivity index (χ2n) is 4.77. The number of rotatable bonds is 4. The minimum Gasteiger partial charge on any atom is -0.481 e. The number of carbonyl (C=O) groups is 2. The van der Waals surface area contributed by atoms with Crippen LogP contribution in [0.5, 0.6) is 0 Å².